The zero-order valence-electron chi connectivity index (χ0n) is 11.5. The zero-order valence-corrected chi connectivity index (χ0v) is 11.5. The smallest absolute Gasteiger partial charge is 0.170 e. The fraction of sp³-hybridized carbons (Fsp3) is 0.533. The van der Waals surface area contributed by atoms with Gasteiger partial charge >= 0.3 is 0 Å². The largest absolute Gasteiger partial charge is 0.409 e. The Bertz CT molecular complexity index is 439. The average molecular weight is 261 g/mol. The summed E-state index contributed by atoms with van der Waals surface area (Å²) in [6.07, 6.45) is 5.43. The van der Waals surface area contributed by atoms with Crippen LogP contribution in [-0.4, -0.2) is 17.1 Å². The first-order chi connectivity index (χ1) is 9.20. The van der Waals surface area contributed by atoms with E-state index in [-0.39, 0.29) is 5.84 Å². The van der Waals surface area contributed by atoms with Gasteiger partial charge in [-0.2, -0.15) is 0 Å². The molecule has 0 radical (unpaired) electrons. The molecule has 1 aliphatic carbocycles. The first kappa shape index (κ1) is 13.9. The molecule has 0 aromatic heterocycles. The van der Waals surface area contributed by atoms with E-state index in [0.717, 1.165) is 23.6 Å². The van der Waals surface area contributed by atoms with E-state index in [1.165, 1.54) is 25.7 Å². The molecule has 0 bridgehead atoms. The highest BCUT2D eigenvalue weighted by molar-refractivity contribution is 5.97. The number of hydrogen-bond donors (Lipinski definition) is 3. The monoisotopic (exact) mass is 261 g/mol. The Morgan fingerprint density at radius 1 is 1.47 bits per heavy atom. The molecule has 0 heterocycles. The van der Waals surface area contributed by atoms with Crippen molar-refractivity contribution in [3.8, 4) is 0 Å². The highest BCUT2D eigenvalue weighted by atomic mass is 16.4. The molecule has 1 aliphatic rings. The van der Waals surface area contributed by atoms with E-state index in [1.807, 2.05) is 18.2 Å². The van der Waals surface area contributed by atoms with Gasteiger partial charge in [0, 0.05) is 18.2 Å². The summed E-state index contributed by atoms with van der Waals surface area (Å²) in [7, 11) is 0. The summed E-state index contributed by atoms with van der Waals surface area (Å²) in [4.78, 5) is 0. The Kier molecular flexibility index (Phi) is 4.80. The summed E-state index contributed by atoms with van der Waals surface area (Å²) in [6.45, 7) is 3.09. The molecule has 4 N–H and O–H groups in total. The lowest BCUT2D eigenvalue weighted by Gasteiger charge is -2.20. The molecule has 1 aromatic rings. The van der Waals surface area contributed by atoms with Gasteiger partial charge in [-0.05, 0) is 37.3 Å². The summed E-state index contributed by atoms with van der Waals surface area (Å²) in [5.74, 6) is 0.970. The van der Waals surface area contributed by atoms with Crippen LogP contribution in [0, 0.1) is 5.92 Å². The van der Waals surface area contributed by atoms with Gasteiger partial charge in [-0.15, -0.1) is 0 Å². The molecule has 104 valence electrons. The van der Waals surface area contributed by atoms with Crippen molar-refractivity contribution in [2.24, 2.45) is 16.8 Å². The number of nitrogens with one attached hydrogen (secondary N) is 1. The second-order valence-electron chi connectivity index (χ2n) is 5.40. The van der Waals surface area contributed by atoms with Crippen LogP contribution in [0.25, 0.3) is 0 Å². The number of nitrogens with zero attached hydrogens (tertiary/aromatic N) is 1. The average Bonchev–Trinajstić information content (AvgIpc) is 2.98. The maximum Gasteiger partial charge on any atom is 0.170 e. The summed E-state index contributed by atoms with van der Waals surface area (Å²) >= 11 is 0. The van der Waals surface area contributed by atoms with Crippen molar-refractivity contribution in [3.05, 3.63) is 35.4 Å². The lowest BCUT2D eigenvalue weighted by molar-refractivity contribution is 0.318. The molecule has 1 unspecified atom stereocenters. The van der Waals surface area contributed by atoms with Crippen molar-refractivity contribution in [2.75, 3.05) is 0 Å². The predicted octanol–water partition coefficient (Wildman–Crippen LogP) is 2.45. The molecule has 1 saturated carbocycles. The number of amidine groups is 1. The molecule has 0 spiro atoms. The fourth-order valence-corrected chi connectivity index (χ4v) is 2.80. The van der Waals surface area contributed by atoms with Crippen molar-refractivity contribution in [1.29, 1.82) is 0 Å². The van der Waals surface area contributed by atoms with Gasteiger partial charge in [-0.1, -0.05) is 36.2 Å². The van der Waals surface area contributed by atoms with Crippen LogP contribution >= 0.6 is 0 Å². The van der Waals surface area contributed by atoms with Crippen LogP contribution in [0.1, 0.15) is 43.7 Å². The maximum absolute atomic E-state index is 8.69. The number of benzene rings is 1. The zero-order chi connectivity index (χ0) is 13.7. The van der Waals surface area contributed by atoms with Crippen molar-refractivity contribution in [3.63, 3.8) is 0 Å². The molecule has 0 amide bonds. The minimum Gasteiger partial charge on any atom is -0.409 e. The van der Waals surface area contributed by atoms with Gasteiger partial charge in [0.15, 0.2) is 5.84 Å². The molecule has 1 atom stereocenters. The van der Waals surface area contributed by atoms with Gasteiger partial charge in [0.1, 0.15) is 0 Å². The summed E-state index contributed by atoms with van der Waals surface area (Å²) in [5.41, 5.74) is 7.52. The number of hydrogen-bond acceptors (Lipinski definition) is 3. The molecule has 1 aromatic carbocycles. The van der Waals surface area contributed by atoms with Gasteiger partial charge in [0.25, 0.3) is 0 Å². The Balaban J connectivity index is 1.92. The molecular weight excluding hydrogens is 238 g/mol. The summed E-state index contributed by atoms with van der Waals surface area (Å²) < 4.78 is 0. The molecule has 4 heteroatoms. The molecule has 4 nitrogen and oxygen atoms in total. The van der Waals surface area contributed by atoms with E-state index in [2.05, 4.69) is 23.5 Å². The summed E-state index contributed by atoms with van der Waals surface area (Å²) in [5, 5.41) is 15.3. The lowest BCUT2D eigenvalue weighted by atomic mass is 9.99. The van der Waals surface area contributed by atoms with E-state index in [9.17, 15) is 0 Å². The van der Waals surface area contributed by atoms with Crippen LogP contribution in [0.3, 0.4) is 0 Å². The van der Waals surface area contributed by atoms with E-state index < -0.39 is 0 Å². The summed E-state index contributed by atoms with van der Waals surface area (Å²) in [6, 6.07) is 8.35. The fourth-order valence-electron chi connectivity index (χ4n) is 2.80. The van der Waals surface area contributed by atoms with Crippen LogP contribution < -0.4 is 11.1 Å². The topological polar surface area (TPSA) is 70.6 Å². The Morgan fingerprint density at radius 2 is 2.21 bits per heavy atom. The Morgan fingerprint density at radius 3 is 2.89 bits per heavy atom. The first-order valence-electron chi connectivity index (χ1n) is 7.01. The van der Waals surface area contributed by atoms with Crippen LogP contribution in [0.4, 0.5) is 0 Å². The van der Waals surface area contributed by atoms with Crippen LogP contribution in [0.15, 0.2) is 29.4 Å². The van der Waals surface area contributed by atoms with Crippen molar-refractivity contribution in [1.82, 2.24) is 5.32 Å². The maximum atomic E-state index is 8.69. The predicted molar refractivity (Wildman–Crippen MR) is 77.2 cm³/mol. The third-order valence-corrected chi connectivity index (χ3v) is 4.07. The Hall–Kier alpha value is -1.55. The second kappa shape index (κ2) is 6.57. The highest BCUT2D eigenvalue weighted by Crippen LogP contribution is 2.27. The quantitative estimate of drug-likeness (QED) is 0.330. The number of nitrogens with two attached hydrogens (primary N) is 1. The van der Waals surface area contributed by atoms with Crippen LogP contribution in [0.5, 0.6) is 0 Å². The van der Waals surface area contributed by atoms with Crippen molar-refractivity contribution in [2.45, 2.75) is 45.2 Å². The van der Waals surface area contributed by atoms with Gasteiger partial charge in [-0.25, -0.2) is 0 Å². The van der Waals surface area contributed by atoms with E-state index >= 15 is 0 Å². The van der Waals surface area contributed by atoms with Crippen molar-refractivity contribution < 1.29 is 5.21 Å². The normalized spacial score (nSPS) is 18.7. The Labute approximate surface area is 114 Å². The molecule has 1 fully saturated rings. The van der Waals surface area contributed by atoms with Gasteiger partial charge in [0.05, 0.1) is 0 Å². The van der Waals surface area contributed by atoms with Gasteiger partial charge < -0.3 is 16.3 Å². The molecule has 19 heavy (non-hydrogen) atoms. The highest BCUT2D eigenvalue weighted by Gasteiger charge is 2.20. The standard InChI is InChI=1S/C15H23N3O/c1-11(13-6-2-3-7-13)17-10-12-5-4-8-14(9-12)15(16)18-19/h4-5,8-9,11,13,17,19H,2-3,6-7,10H2,1H3,(H2,16,18). The van der Waals surface area contributed by atoms with Gasteiger partial charge in [0.2, 0.25) is 0 Å². The van der Waals surface area contributed by atoms with E-state index in [1.54, 1.807) is 0 Å². The van der Waals surface area contributed by atoms with E-state index in [4.69, 9.17) is 10.9 Å². The molecular formula is C15H23N3O. The van der Waals surface area contributed by atoms with Gasteiger partial charge in [-0.3, -0.25) is 0 Å². The molecule has 0 saturated heterocycles. The minimum atomic E-state index is 0.158. The minimum absolute atomic E-state index is 0.158. The number of rotatable bonds is 5. The van der Waals surface area contributed by atoms with Crippen LogP contribution in [-0.2, 0) is 6.54 Å². The van der Waals surface area contributed by atoms with Crippen LogP contribution in [0.2, 0.25) is 0 Å². The third-order valence-electron chi connectivity index (χ3n) is 4.07. The molecule has 2 rings (SSSR count). The lowest BCUT2D eigenvalue weighted by Crippen LogP contribution is -2.31. The molecule has 0 aliphatic heterocycles. The van der Waals surface area contributed by atoms with Crippen molar-refractivity contribution >= 4 is 5.84 Å². The second-order valence-corrected chi connectivity index (χ2v) is 5.40. The van der Waals surface area contributed by atoms with E-state index in [0.29, 0.717) is 6.04 Å². The first-order valence-corrected chi connectivity index (χ1v) is 7.01. The number of oxime groups is 1. The SMILES string of the molecule is CC(NCc1cccc(C(N)=NO)c1)C1CCCC1. The third kappa shape index (κ3) is 3.70.